The van der Waals surface area contributed by atoms with E-state index in [4.69, 9.17) is 11.6 Å². The van der Waals surface area contributed by atoms with Crippen LogP contribution in [0.2, 0.25) is 5.02 Å². The molecule has 0 spiro atoms. The molecule has 2 heterocycles. The zero-order valence-corrected chi connectivity index (χ0v) is 20.6. The van der Waals surface area contributed by atoms with E-state index in [9.17, 15) is 18.8 Å². The van der Waals surface area contributed by atoms with Crippen molar-refractivity contribution in [3.63, 3.8) is 0 Å². The molecule has 2 aliphatic heterocycles. The number of carbonyl (C=O) groups excluding carboxylic acids is 3. The van der Waals surface area contributed by atoms with Crippen LogP contribution in [-0.2, 0) is 16.1 Å². The van der Waals surface area contributed by atoms with Crippen LogP contribution in [0.15, 0.2) is 18.2 Å². The van der Waals surface area contributed by atoms with Gasteiger partial charge in [-0.3, -0.25) is 19.5 Å². The van der Waals surface area contributed by atoms with Gasteiger partial charge in [-0.1, -0.05) is 31.5 Å². The average Bonchev–Trinajstić information content (AvgIpc) is 3.14. The zero-order valence-electron chi connectivity index (χ0n) is 19.9. The molecule has 3 aliphatic rings. The van der Waals surface area contributed by atoms with Gasteiger partial charge in [0.05, 0.1) is 12.5 Å². The summed E-state index contributed by atoms with van der Waals surface area (Å²) in [7, 11) is 0. The Labute approximate surface area is 204 Å². The lowest BCUT2D eigenvalue weighted by molar-refractivity contribution is -0.158. The summed E-state index contributed by atoms with van der Waals surface area (Å²) in [6.07, 6.45) is 2.50. The van der Waals surface area contributed by atoms with E-state index in [0.29, 0.717) is 25.8 Å². The highest BCUT2D eigenvalue weighted by atomic mass is 35.5. The van der Waals surface area contributed by atoms with Gasteiger partial charge in [0.1, 0.15) is 5.82 Å². The molecule has 0 aromatic heterocycles. The fourth-order valence-corrected chi connectivity index (χ4v) is 5.47. The van der Waals surface area contributed by atoms with Gasteiger partial charge >= 0.3 is 6.03 Å². The number of urea groups is 1. The van der Waals surface area contributed by atoms with Gasteiger partial charge < -0.3 is 10.2 Å². The Morgan fingerprint density at radius 3 is 2.74 bits per heavy atom. The van der Waals surface area contributed by atoms with Gasteiger partial charge in [0.2, 0.25) is 11.8 Å². The lowest BCUT2D eigenvalue weighted by atomic mass is 9.75. The van der Waals surface area contributed by atoms with E-state index in [1.807, 2.05) is 20.8 Å². The number of fused-ring (bicyclic) bond motifs is 3. The van der Waals surface area contributed by atoms with Crippen molar-refractivity contribution in [2.45, 2.75) is 77.8 Å². The highest BCUT2D eigenvalue weighted by Crippen LogP contribution is 2.41. The second-order valence-corrected chi connectivity index (χ2v) is 9.92. The van der Waals surface area contributed by atoms with Crippen LogP contribution in [-0.4, -0.2) is 57.6 Å². The summed E-state index contributed by atoms with van der Waals surface area (Å²) < 4.78 is 14.4. The van der Waals surface area contributed by atoms with Crippen molar-refractivity contribution >= 4 is 29.4 Å². The molecule has 4 rings (SSSR count). The van der Waals surface area contributed by atoms with E-state index in [1.54, 1.807) is 15.9 Å². The first-order chi connectivity index (χ1) is 16.3. The van der Waals surface area contributed by atoms with E-state index in [0.717, 1.165) is 12.8 Å². The number of halogens is 2. The highest BCUT2D eigenvalue weighted by Gasteiger charge is 2.55. The minimum Gasteiger partial charge on any atom is -0.353 e. The topological polar surface area (TPSA) is 85.0 Å². The van der Waals surface area contributed by atoms with Gasteiger partial charge in [-0.25, -0.2) is 9.18 Å². The maximum absolute atomic E-state index is 14.4. The normalized spacial score (nSPS) is 27.5. The molecule has 5 unspecified atom stereocenters. The summed E-state index contributed by atoms with van der Waals surface area (Å²) in [5.41, 5.74) is 3.33. The summed E-state index contributed by atoms with van der Waals surface area (Å²) in [5, 5.41) is 4.60. The predicted octanol–water partition coefficient (Wildman–Crippen LogP) is 3.46. The maximum atomic E-state index is 14.4. The fourth-order valence-electron chi connectivity index (χ4n) is 5.25. The molecule has 3 fully saturated rings. The molecule has 186 valence electrons. The van der Waals surface area contributed by atoms with Gasteiger partial charge in [-0.2, -0.15) is 5.43 Å². The minimum atomic E-state index is -0.664. The Bertz CT molecular complexity index is 942. The monoisotopic (exact) mass is 493 g/mol. The molecule has 1 aromatic carbocycles. The second kappa shape index (κ2) is 10.1. The standard InChI is InChI=1S/C24H33ClFN5O3/c1-4-11-29-22(33)16-10-9-15(21(32)27-14(3)5-2)12-20(16)31-23(29)28-30(24(31)34)13-17-18(25)7-6-8-19(17)26/h6-8,14-16,20,23,28H,4-5,9-13H2,1-3H3,(H,27,32). The Morgan fingerprint density at radius 1 is 1.29 bits per heavy atom. The van der Waals surface area contributed by atoms with Crippen molar-refractivity contribution < 1.29 is 18.8 Å². The lowest BCUT2D eigenvalue weighted by Crippen LogP contribution is -2.67. The summed E-state index contributed by atoms with van der Waals surface area (Å²) >= 11 is 6.20. The van der Waals surface area contributed by atoms with Crippen molar-refractivity contribution in [1.82, 2.24) is 25.6 Å². The van der Waals surface area contributed by atoms with Gasteiger partial charge in [-0.15, -0.1) is 0 Å². The molecule has 1 saturated carbocycles. The van der Waals surface area contributed by atoms with Crippen LogP contribution in [0.3, 0.4) is 0 Å². The molecule has 0 bridgehead atoms. The largest absolute Gasteiger partial charge is 0.353 e. The van der Waals surface area contributed by atoms with Gasteiger partial charge in [-0.05, 0) is 51.2 Å². The third kappa shape index (κ3) is 4.47. The molecule has 10 heteroatoms. The van der Waals surface area contributed by atoms with Gasteiger partial charge in [0, 0.05) is 35.1 Å². The molecular formula is C24H33ClFN5O3. The Kier molecular flexibility index (Phi) is 7.33. The molecular weight excluding hydrogens is 461 g/mol. The van der Waals surface area contributed by atoms with Crippen LogP contribution >= 0.6 is 11.6 Å². The third-order valence-corrected chi connectivity index (χ3v) is 7.62. The summed E-state index contributed by atoms with van der Waals surface area (Å²) in [6.45, 7) is 6.38. The summed E-state index contributed by atoms with van der Waals surface area (Å²) in [4.78, 5) is 43.2. The number of hydrazine groups is 1. The first kappa shape index (κ1) is 24.7. The molecule has 1 aliphatic carbocycles. The van der Waals surface area contributed by atoms with Crippen molar-refractivity contribution in [2.24, 2.45) is 11.8 Å². The maximum Gasteiger partial charge on any atom is 0.337 e. The van der Waals surface area contributed by atoms with E-state index in [-0.39, 0.29) is 52.9 Å². The number of hydrogen-bond acceptors (Lipinski definition) is 4. The number of rotatable bonds is 7. The molecule has 8 nitrogen and oxygen atoms in total. The molecule has 34 heavy (non-hydrogen) atoms. The molecule has 5 atom stereocenters. The van der Waals surface area contributed by atoms with Crippen molar-refractivity contribution in [2.75, 3.05) is 6.54 Å². The second-order valence-electron chi connectivity index (χ2n) is 9.51. The van der Waals surface area contributed by atoms with Crippen LogP contribution in [0, 0.1) is 17.7 Å². The summed E-state index contributed by atoms with van der Waals surface area (Å²) in [6, 6.07) is 3.74. The Morgan fingerprint density at radius 2 is 2.06 bits per heavy atom. The number of hydrogen-bond donors (Lipinski definition) is 2. The van der Waals surface area contributed by atoms with Crippen molar-refractivity contribution in [1.29, 1.82) is 0 Å². The number of nitrogens with one attached hydrogen (secondary N) is 2. The van der Waals surface area contributed by atoms with Crippen LogP contribution in [0.25, 0.3) is 0 Å². The van der Waals surface area contributed by atoms with Crippen LogP contribution in [0.4, 0.5) is 9.18 Å². The quantitative estimate of drug-likeness (QED) is 0.609. The van der Waals surface area contributed by atoms with E-state index >= 15 is 0 Å². The lowest BCUT2D eigenvalue weighted by Gasteiger charge is -2.49. The predicted molar refractivity (Wildman–Crippen MR) is 126 cm³/mol. The first-order valence-corrected chi connectivity index (χ1v) is 12.5. The Hall–Kier alpha value is -2.39. The van der Waals surface area contributed by atoms with Crippen molar-refractivity contribution in [3.05, 3.63) is 34.6 Å². The van der Waals surface area contributed by atoms with E-state index < -0.39 is 18.1 Å². The fraction of sp³-hybridized carbons (Fsp3) is 0.625. The molecule has 0 radical (unpaired) electrons. The number of nitrogens with zero attached hydrogens (tertiary/aromatic N) is 3. The number of carbonyl (C=O) groups is 3. The third-order valence-electron chi connectivity index (χ3n) is 7.27. The van der Waals surface area contributed by atoms with Crippen LogP contribution in [0.5, 0.6) is 0 Å². The molecule has 2 saturated heterocycles. The van der Waals surface area contributed by atoms with Gasteiger partial charge in [0.25, 0.3) is 0 Å². The highest BCUT2D eigenvalue weighted by molar-refractivity contribution is 6.31. The van der Waals surface area contributed by atoms with E-state index in [1.165, 1.54) is 17.1 Å². The minimum absolute atomic E-state index is 0.0000384. The molecule has 4 amide bonds. The number of benzene rings is 1. The average molecular weight is 494 g/mol. The SMILES string of the molecule is CCCN1C(=O)C2CCC(C(=O)NC(C)CC)CC2N2C(=O)N(Cc3c(F)cccc3Cl)NC12. The van der Waals surface area contributed by atoms with Crippen LogP contribution < -0.4 is 10.7 Å². The Balaban J connectivity index is 1.60. The summed E-state index contributed by atoms with van der Waals surface area (Å²) in [5.74, 6) is -1.13. The van der Waals surface area contributed by atoms with Crippen molar-refractivity contribution in [3.8, 4) is 0 Å². The number of amides is 4. The zero-order chi connectivity index (χ0) is 24.6. The molecule has 2 N–H and O–H groups in total. The van der Waals surface area contributed by atoms with Gasteiger partial charge in [0.15, 0.2) is 6.29 Å². The van der Waals surface area contributed by atoms with Crippen LogP contribution in [0.1, 0.15) is 58.4 Å². The van der Waals surface area contributed by atoms with E-state index in [2.05, 4.69) is 10.7 Å². The first-order valence-electron chi connectivity index (χ1n) is 12.2. The molecule has 1 aromatic rings. The smallest absolute Gasteiger partial charge is 0.337 e.